The zero-order chi connectivity index (χ0) is 13.9. The fraction of sp³-hybridized carbons (Fsp3) is 0.692. The maximum absolute atomic E-state index is 10.7. The lowest BCUT2D eigenvalue weighted by Gasteiger charge is -2.39. The van der Waals surface area contributed by atoms with Crippen LogP contribution in [0.15, 0.2) is 10.6 Å². The number of aromatic carboxylic acids is 1. The Balaban J connectivity index is 1.97. The Morgan fingerprint density at radius 2 is 2.47 bits per heavy atom. The second kappa shape index (κ2) is 5.71. The molecular weight excluding hydrogens is 248 g/mol. The van der Waals surface area contributed by atoms with Gasteiger partial charge in [0.05, 0.1) is 13.2 Å². The fourth-order valence-electron chi connectivity index (χ4n) is 2.79. The fourth-order valence-corrected chi connectivity index (χ4v) is 2.79. The smallest absolute Gasteiger partial charge is 0.358 e. The third-order valence-corrected chi connectivity index (χ3v) is 3.81. The van der Waals surface area contributed by atoms with Crippen LogP contribution in [0.25, 0.3) is 0 Å². The lowest BCUT2D eigenvalue weighted by atomic mass is 9.77. The first-order valence-corrected chi connectivity index (χ1v) is 6.59. The summed E-state index contributed by atoms with van der Waals surface area (Å²) in [7, 11) is 0. The van der Waals surface area contributed by atoms with Crippen LogP contribution in [-0.2, 0) is 6.54 Å². The number of hydrogen-bond acceptors (Lipinski definition) is 5. The maximum Gasteiger partial charge on any atom is 0.358 e. The largest absolute Gasteiger partial charge is 0.476 e. The van der Waals surface area contributed by atoms with Crippen LogP contribution in [0.2, 0.25) is 0 Å². The van der Waals surface area contributed by atoms with Gasteiger partial charge in [-0.15, -0.1) is 0 Å². The third-order valence-electron chi connectivity index (χ3n) is 3.81. The molecule has 0 amide bonds. The maximum atomic E-state index is 10.7. The van der Waals surface area contributed by atoms with Gasteiger partial charge in [0, 0.05) is 11.6 Å². The number of aliphatic hydroxyl groups excluding tert-OH is 1. The van der Waals surface area contributed by atoms with Gasteiger partial charge in [0.25, 0.3) is 0 Å². The van der Waals surface area contributed by atoms with Crippen molar-refractivity contribution in [2.24, 2.45) is 5.92 Å². The topological polar surface area (TPSA) is 95.6 Å². The molecule has 0 bridgehead atoms. The van der Waals surface area contributed by atoms with Crippen molar-refractivity contribution in [2.45, 2.75) is 44.7 Å². The average molecular weight is 268 g/mol. The Morgan fingerprint density at radius 3 is 3.05 bits per heavy atom. The Kier molecular flexibility index (Phi) is 4.21. The van der Waals surface area contributed by atoms with E-state index in [1.54, 1.807) is 0 Å². The predicted octanol–water partition coefficient (Wildman–Crippen LogP) is 1.40. The van der Waals surface area contributed by atoms with Crippen LogP contribution >= 0.6 is 0 Å². The van der Waals surface area contributed by atoms with Crippen molar-refractivity contribution in [1.82, 2.24) is 10.5 Å². The SMILES string of the molecule is CC1CCCC(CO)(NCc2cc(C(=O)O)no2)C1. The van der Waals surface area contributed by atoms with Crippen LogP contribution in [-0.4, -0.2) is 33.5 Å². The summed E-state index contributed by atoms with van der Waals surface area (Å²) in [5.41, 5.74) is -0.375. The number of nitrogens with one attached hydrogen (secondary N) is 1. The van der Waals surface area contributed by atoms with Crippen LogP contribution in [0, 0.1) is 5.92 Å². The molecule has 1 aliphatic rings. The normalized spacial score (nSPS) is 27.4. The van der Waals surface area contributed by atoms with Gasteiger partial charge >= 0.3 is 5.97 Å². The summed E-state index contributed by atoms with van der Waals surface area (Å²) >= 11 is 0. The highest BCUT2D eigenvalue weighted by atomic mass is 16.5. The molecular formula is C13H20N2O4. The number of aliphatic hydroxyl groups is 1. The molecule has 0 aliphatic heterocycles. The molecule has 1 aromatic heterocycles. The molecule has 1 fully saturated rings. The number of hydrogen-bond donors (Lipinski definition) is 3. The minimum atomic E-state index is -1.10. The second-order valence-corrected chi connectivity index (χ2v) is 5.48. The van der Waals surface area contributed by atoms with E-state index in [9.17, 15) is 9.90 Å². The number of carboxylic acid groups (broad SMARTS) is 1. The molecule has 106 valence electrons. The molecule has 6 heteroatoms. The first-order valence-electron chi connectivity index (χ1n) is 6.59. The first-order chi connectivity index (χ1) is 9.04. The van der Waals surface area contributed by atoms with Gasteiger partial charge in [-0.2, -0.15) is 0 Å². The molecule has 2 rings (SSSR count). The Morgan fingerprint density at radius 1 is 1.68 bits per heavy atom. The highest BCUT2D eigenvalue weighted by molar-refractivity contribution is 5.85. The van der Waals surface area contributed by atoms with Gasteiger partial charge in [-0.05, 0) is 18.8 Å². The van der Waals surface area contributed by atoms with E-state index in [4.69, 9.17) is 9.63 Å². The zero-order valence-corrected chi connectivity index (χ0v) is 11.1. The summed E-state index contributed by atoms with van der Waals surface area (Å²) < 4.78 is 4.96. The van der Waals surface area contributed by atoms with E-state index in [2.05, 4.69) is 17.4 Å². The van der Waals surface area contributed by atoms with Crippen LogP contribution in [0.1, 0.15) is 48.9 Å². The first kappa shape index (κ1) is 14.0. The van der Waals surface area contributed by atoms with Crippen molar-refractivity contribution in [3.63, 3.8) is 0 Å². The van der Waals surface area contributed by atoms with Crippen molar-refractivity contribution in [3.8, 4) is 0 Å². The van der Waals surface area contributed by atoms with Gasteiger partial charge in [-0.25, -0.2) is 4.79 Å². The molecule has 1 aromatic rings. The molecule has 2 unspecified atom stereocenters. The van der Waals surface area contributed by atoms with E-state index in [0.717, 1.165) is 19.3 Å². The standard InChI is InChI=1S/C13H20N2O4/c1-9-3-2-4-13(6-9,8-16)14-7-10-5-11(12(17)18)15-19-10/h5,9,14,16H,2-4,6-8H2,1H3,(H,17,18). The minimum absolute atomic E-state index is 0.0806. The van der Waals surface area contributed by atoms with Crippen molar-refractivity contribution in [3.05, 3.63) is 17.5 Å². The molecule has 1 aliphatic carbocycles. The van der Waals surface area contributed by atoms with E-state index in [-0.39, 0.29) is 17.8 Å². The van der Waals surface area contributed by atoms with Crippen LogP contribution < -0.4 is 5.32 Å². The molecule has 0 spiro atoms. The van der Waals surface area contributed by atoms with Crippen molar-refractivity contribution in [1.29, 1.82) is 0 Å². The van der Waals surface area contributed by atoms with Gasteiger partial charge in [-0.1, -0.05) is 24.9 Å². The van der Waals surface area contributed by atoms with Crippen molar-refractivity contribution < 1.29 is 19.5 Å². The van der Waals surface area contributed by atoms with Crippen LogP contribution in [0.3, 0.4) is 0 Å². The molecule has 0 radical (unpaired) electrons. The molecule has 6 nitrogen and oxygen atoms in total. The molecule has 1 saturated carbocycles. The Hall–Kier alpha value is -1.40. The van der Waals surface area contributed by atoms with E-state index >= 15 is 0 Å². The summed E-state index contributed by atoms with van der Waals surface area (Å²) in [4.78, 5) is 10.7. The lowest BCUT2D eigenvalue weighted by Crippen LogP contribution is -2.51. The van der Waals surface area contributed by atoms with Gasteiger partial charge in [0.1, 0.15) is 0 Å². The van der Waals surface area contributed by atoms with Gasteiger partial charge in [-0.3, -0.25) is 0 Å². The van der Waals surface area contributed by atoms with E-state index in [1.807, 2.05) is 0 Å². The van der Waals surface area contributed by atoms with Crippen LogP contribution in [0.5, 0.6) is 0 Å². The number of nitrogens with zero attached hydrogens (tertiary/aromatic N) is 1. The highest BCUT2D eigenvalue weighted by Gasteiger charge is 2.34. The molecule has 19 heavy (non-hydrogen) atoms. The Labute approximate surface area is 111 Å². The van der Waals surface area contributed by atoms with Gasteiger partial charge in [0.2, 0.25) is 0 Å². The average Bonchev–Trinajstić information content (AvgIpc) is 2.85. The van der Waals surface area contributed by atoms with Gasteiger partial charge < -0.3 is 20.1 Å². The summed E-state index contributed by atoms with van der Waals surface area (Å²) in [6, 6.07) is 1.41. The summed E-state index contributed by atoms with van der Waals surface area (Å²) in [5.74, 6) is -0.0423. The molecule has 0 aromatic carbocycles. The van der Waals surface area contributed by atoms with Crippen molar-refractivity contribution >= 4 is 5.97 Å². The minimum Gasteiger partial charge on any atom is -0.476 e. The number of carboxylic acids is 1. The van der Waals surface area contributed by atoms with Crippen molar-refractivity contribution in [2.75, 3.05) is 6.61 Å². The molecule has 0 saturated heterocycles. The molecule has 2 atom stereocenters. The van der Waals surface area contributed by atoms with E-state index in [1.165, 1.54) is 12.5 Å². The van der Waals surface area contributed by atoms with E-state index in [0.29, 0.717) is 18.2 Å². The monoisotopic (exact) mass is 268 g/mol. The zero-order valence-electron chi connectivity index (χ0n) is 11.1. The Bertz CT molecular complexity index is 446. The second-order valence-electron chi connectivity index (χ2n) is 5.48. The number of rotatable bonds is 5. The lowest BCUT2D eigenvalue weighted by molar-refractivity contribution is 0.0685. The quantitative estimate of drug-likeness (QED) is 0.747. The van der Waals surface area contributed by atoms with Crippen LogP contribution in [0.4, 0.5) is 0 Å². The number of aromatic nitrogens is 1. The highest BCUT2D eigenvalue weighted by Crippen LogP contribution is 2.32. The summed E-state index contributed by atoms with van der Waals surface area (Å²) in [6.45, 7) is 2.65. The molecule has 1 heterocycles. The van der Waals surface area contributed by atoms with E-state index < -0.39 is 5.97 Å². The molecule has 3 N–H and O–H groups in total. The number of carbonyl (C=O) groups is 1. The summed E-state index contributed by atoms with van der Waals surface area (Å²) in [6.07, 6.45) is 4.12. The third kappa shape index (κ3) is 3.33. The summed E-state index contributed by atoms with van der Waals surface area (Å²) in [5, 5.41) is 25.2. The predicted molar refractivity (Wildman–Crippen MR) is 67.8 cm³/mol. The van der Waals surface area contributed by atoms with Gasteiger partial charge in [0.15, 0.2) is 11.5 Å².